The quantitative estimate of drug-likeness (QED) is 0.698. The highest BCUT2D eigenvalue weighted by atomic mass is 16.5. The Kier molecular flexibility index (Phi) is 7.27. The predicted octanol–water partition coefficient (Wildman–Crippen LogP) is 2.79. The monoisotopic (exact) mass is 437 g/mol. The summed E-state index contributed by atoms with van der Waals surface area (Å²) in [6.07, 6.45) is 2.25. The largest absolute Gasteiger partial charge is 0.491 e. The lowest BCUT2D eigenvalue weighted by Crippen LogP contribution is -2.54. The molecule has 2 fully saturated rings. The van der Waals surface area contributed by atoms with Crippen LogP contribution >= 0.6 is 0 Å². The summed E-state index contributed by atoms with van der Waals surface area (Å²) in [5.74, 6) is 0.623. The van der Waals surface area contributed by atoms with Crippen molar-refractivity contribution in [3.8, 4) is 5.75 Å². The molecule has 0 bridgehead atoms. The van der Waals surface area contributed by atoms with Gasteiger partial charge in [0.1, 0.15) is 24.5 Å². The molecule has 2 aromatic rings. The van der Waals surface area contributed by atoms with Gasteiger partial charge in [-0.05, 0) is 43.4 Å². The number of hydrogen-bond acceptors (Lipinski definition) is 4. The van der Waals surface area contributed by atoms with E-state index in [0.717, 1.165) is 24.8 Å². The molecular formula is C25H31N3O4. The zero-order chi connectivity index (χ0) is 22.3. The van der Waals surface area contributed by atoms with Crippen LogP contribution in [0, 0.1) is 0 Å². The van der Waals surface area contributed by atoms with Gasteiger partial charge in [-0.25, -0.2) is 4.79 Å². The summed E-state index contributed by atoms with van der Waals surface area (Å²) in [5.41, 5.74) is 1.02. The van der Waals surface area contributed by atoms with E-state index >= 15 is 0 Å². The molecule has 32 heavy (non-hydrogen) atoms. The first kappa shape index (κ1) is 22.1. The Morgan fingerprint density at radius 3 is 2.38 bits per heavy atom. The van der Waals surface area contributed by atoms with Gasteiger partial charge >= 0.3 is 6.03 Å². The van der Waals surface area contributed by atoms with Crippen LogP contribution in [-0.4, -0.2) is 64.7 Å². The summed E-state index contributed by atoms with van der Waals surface area (Å²) in [5, 5.41) is 13.7. The van der Waals surface area contributed by atoms with Crippen molar-refractivity contribution in [1.29, 1.82) is 0 Å². The SMILES string of the molecule is O=C(NCc1ccccc1)N1CCC[C@H]1C(=O)N1CCC[C@H]1C(O)COc1ccccc1. The molecule has 2 aliphatic heterocycles. The number of aliphatic hydroxyl groups excluding tert-OH is 1. The van der Waals surface area contributed by atoms with Crippen LogP contribution in [-0.2, 0) is 11.3 Å². The van der Waals surface area contributed by atoms with Gasteiger partial charge in [-0.15, -0.1) is 0 Å². The maximum Gasteiger partial charge on any atom is 0.318 e. The van der Waals surface area contributed by atoms with Crippen molar-refractivity contribution in [3.63, 3.8) is 0 Å². The van der Waals surface area contributed by atoms with Gasteiger partial charge in [0.25, 0.3) is 0 Å². The standard InChI is InChI=1S/C25H31N3O4/c29-23(18-32-20-11-5-2-6-12-20)21-13-7-15-27(21)24(30)22-14-8-16-28(22)25(31)26-17-19-9-3-1-4-10-19/h1-6,9-12,21-23,29H,7-8,13-18H2,(H,26,31)/t21-,22-,23?/m0/s1. The number of para-hydroxylation sites is 1. The minimum Gasteiger partial charge on any atom is -0.491 e. The highest BCUT2D eigenvalue weighted by Gasteiger charge is 2.42. The van der Waals surface area contributed by atoms with E-state index < -0.39 is 12.1 Å². The van der Waals surface area contributed by atoms with Gasteiger partial charge in [0.15, 0.2) is 0 Å². The van der Waals surface area contributed by atoms with Gasteiger partial charge in [0, 0.05) is 19.6 Å². The smallest absolute Gasteiger partial charge is 0.318 e. The molecule has 3 amide bonds. The second-order valence-electron chi connectivity index (χ2n) is 8.43. The van der Waals surface area contributed by atoms with Crippen molar-refractivity contribution < 1.29 is 19.4 Å². The molecule has 0 aromatic heterocycles. The van der Waals surface area contributed by atoms with Crippen LogP contribution in [0.2, 0.25) is 0 Å². The van der Waals surface area contributed by atoms with Gasteiger partial charge in [0.2, 0.25) is 5.91 Å². The second-order valence-corrected chi connectivity index (χ2v) is 8.43. The molecule has 7 nitrogen and oxygen atoms in total. The Bertz CT molecular complexity index is 893. The van der Waals surface area contributed by atoms with E-state index in [1.807, 2.05) is 60.7 Å². The van der Waals surface area contributed by atoms with Gasteiger partial charge in [0.05, 0.1) is 6.04 Å². The van der Waals surface area contributed by atoms with Gasteiger partial charge < -0.3 is 25.0 Å². The summed E-state index contributed by atoms with van der Waals surface area (Å²) in [4.78, 5) is 29.6. The van der Waals surface area contributed by atoms with Crippen molar-refractivity contribution in [2.24, 2.45) is 0 Å². The van der Waals surface area contributed by atoms with Crippen LogP contribution in [0.4, 0.5) is 4.79 Å². The summed E-state index contributed by atoms with van der Waals surface area (Å²) in [6.45, 7) is 1.72. The Labute approximate surface area is 189 Å². The zero-order valence-electron chi connectivity index (χ0n) is 18.2. The van der Waals surface area contributed by atoms with Crippen LogP contribution < -0.4 is 10.1 Å². The number of urea groups is 1. The van der Waals surface area contributed by atoms with E-state index in [-0.39, 0.29) is 24.6 Å². The average Bonchev–Trinajstić information content (AvgIpc) is 3.52. The van der Waals surface area contributed by atoms with Crippen molar-refractivity contribution in [1.82, 2.24) is 15.1 Å². The third-order valence-corrected chi connectivity index (χ3v) is 6.28. The number of ether oxygens (including phenoxy) is 1. The molecule has 0 aliphatic carbocycles. The van der Waals surface area contributed by atoms with Crippen LogP contribution in [0.5, 0.6) is 5.75 Å². The molecule has 2 N–H and O–H groups in total. The number of nitrogens with one attached hydrogen (secondary N) is 1. The van der Waals surface area contributed by atoms with E-state index in [4.69, 9.17) is 4.74 Å². The molecule has 170 valence electrons. The number of likely N-dealkylation sites (tertiary alicyclic amines) is 2. The fourth-order valence-electron chi connectivity index (χ4n) is 4.61. The summed E-state index contributed by atoms with van der Waals surface area (Å²) in [7, 11) is 0. The van der Waals surface area contributed by atoms with E-state index in [0.29, 0.717) is 31.8 Å². The highest BCUT2D eigenvalue weighted by molar-refractivity contribution is 5.88. The number of hydrogen-bond donors (Lipinski definition) is 2. The average molecular weight is 438 g/mol. The molecule has 7 heteroatoms. The summed E-state index contributed by atoms with van der Waals surface area (Å²) < 4.78 is 5.70. The fourth-order valence-corrected chi connectivity index (χ4v) is 4.61. The molecule has 2 aliphatic rings. The Morgan fingerprint density at radius 1 is 0.969 bits per heavy atom. The molecular weight excluding hydrogens is 406 g/mol. The maximum absolute atomic E-state index is 13.4. The number of amides is 3. The highest BCUT2D eigenvalue weighted by Crippen LogP contribution is 2.27. The molecule has 0 spiro atoms. The predicted molar refractivity (Wildman–Crippen MR) is 121 cm³/mol. The molecule has 0 saturated carbocycles. The molecule has 2 saturated heterocycles. The normalized spacial score (nSPS) is 21.4. The molecule has 0 radical (unpaired) electrons. The zero-order valence-corrected chi connectivity index (χ0v) is 18.2. The third-order valence-electron chi connectivity index (χ3n) is 6.28. The Hall–Kier alpha value is -3.06. The number of nitrogens with zero attached hydrogens (tertiary/aromatic N) is 2. The van der Waals surface area contributed by atoms with Gasteiger partial charge in [-0.2, -0.15) is 0 Å². The van der Waals surface area contributed by atoms with Gasteiger partial charge in [-0.3, -0.25) is 4.79 Å². The molecule has 2 heterocycles. The number of aliphatic hydroxyl groups is 1. The minimum atomic E-state index is -0.775. The van der Waals surface area contributed by atoms with Crippen molar-refractivity contribution in [2.75, 3.05) is 19.7 Å². The minimum absolute atomic E-state index is 0.0707. The second kappa shape index (κ2) is 10.5. The van der Waals surface area contributed by atoms with Gasteiger partial charge in [-0.1, -0.05) is 48.5 Å². The molecule has 1 unspecified atom stereocenters. The van der Waals surface area contributed by atoms with Crippen molar-refractivity contribution >= 4 is 11.9 Å². The lowest BCUT2D eigenvalue weighted by Gasteiger charge is -2.33. The molecule has 3 atom stereocenters. The molecule has 4 rings (SSSR count). The lowest BCUT2D eigenvalue weighted by atomic mass is 10.1. The van der Waals surface area contributed by atoms with Crippen LogP contribution in [0.1, 0.15) is 31.2 Å². The number of benzene rings is 2. The first-order valence-corrected chi connectivity index (χ1v) is 11.4. The number of rotatable bonds is 7. The van der Waals surface area contributed by atoms with E-state index in [1.54, 1.807) is 9.80 Å². The summed E-state index contributed by atoms with van der Waals surface area (Å²) >= 11 is 0. The topological polar surface area (TPSA) is 82.1 Å². The first-order chi connectivity index (χ1) is 15.6. The van der Waals surface area contributed by atoms with Crippen molar-refractivity contribution in [3.05, 3.63) is 66.2 Å². The Morgan fingerprint density at radius 2 is 1.62 bits per heavy atom. The lowest BCUT2D eigenvalue weighted by molar-refractivity contribution is -0.138. The maximum atomic E-state index is 13.4. The van der Waals surface area contributed by atoms with E-state index in [2.05, 4.69) is 5.32 Å². The van der Waals surface area contributed by atoms with Crippen molar-refractivity contribution in [2.45, 2.75) is 50.4 Å². The fraction of sp³-hybridized carbons (Fsp3) is 0.440. The van der Waals surface area contributed by atoms with E-state index in [1.165, 1.54) is 0 Å². The number of carbonyl (C=O) groups is 2. The van der Waals surface area contributed by atoms with Crippen LogP contribution in [0.25, 0.3) is 0 Å². The van der Waals surface area contributed by atoms with Crippen LogP contribution in [0.15, 0.2) is 60.7 Å². The van der Waals surface area contributed by atoms with Crippen LogP contribution in [0.3, 0.4) is 0 Å². The Balaban J connectivity index is 1.34. The number of carbonyl (C=O) groups excluding carboxylic acids is 2. The van der Waals surface area contributed by atoms with E-state index in [9.17, 15) is 14.7 Å². The third kappa shape index (κ3) is 5.22. The first-order valence-electron chi connectivity index (χ1n) is 11.4. The molecule has 2 aromatic carbocycles. The summed E-state index contributed by atoms with van der Waals surface area (Å²) in [6, 6.07) is 18.1.